The van der Waals surface area contributed by atoms with Crippen LogP contribution < -0.4 is 4.74 Å². The number of hydrogen-bond acceptors (Lipinski definition) is 5. The van der Waals surface area contributed by atoms with E-state index in [1.54, 1.807) is 12.4 Å². The summed E-state index contributed by atoms with van der Waals surface area (Å²) in [6.07, 6.45) is 9.41. The van der Waals surface area contributed by atoms with Crippen molar-refractivity contribution in [3.63, 3.8) is 0 Å². The van der Waals surface area contributed by atoms with Crippen molar-refractivity contribution in [2.75, 3.05) is 0 Å². The van der Waals surface area contributed by atoms with Crippen LogP contribution in [0.5, 0.6) is 11.5 Å². The molecule has 0 N–H and O–H groups in total. The Hall–Kier alpha value is -5.13. The molecule has 0 aliphatic rings. The predicted molar refractivity (Wildman–Crippen MR) is 173 cm³/mol. The van der Waals surface area contributed by atoms with Gasteiger partial charge in [-0.2, -0.15) is 0 Å². The van der Waals surface area contributed by atoms with E-state index in [0.717, 1.165) is 66.2 Å². The third kappa shape index (κ3) is 4.15. The normalized spacial score (nSPS) is 11.7. The average molecular weight is 764 g/mol. The van der Waals surface area contributed by atoms with Gasteiger partial charge in [-0.3, -0.25) is 9.97 Å². The number of nitrogens with zero attached hydrogens (tertiary/aromatic N) is 6. The molecule has 0 radical (unpaired) electrons. The summed E-state index contributed by atoms with van der Waals surface area (Å²) in [6.45, 7) is 6.41. The van der Waals surface area contributed by atoms with Gasteiger partial charge in [-0.25, -0.2) is 9.97 Å². The van der Waals surface area contributed by atoms with Crippen molar-refractivity contribution in [2.45, 2.75) is 20.8 Å². The molecule has 0 atom stereocenters. The zero-order valence-electron chi connectivity index (χ0n) is 24.6. The maximum Gasteiger partial charge on any atom is 2.00 e. The van der Waals surface area contributed by atoms with Gasteiger partial charge >= 0.3 is 21.1 Å². The van der Waals surface area contributed by atoms with Gasteiger partial charge in [0.25, 0.3) is 0 Å². The third-order valence-corrected chi connectivity index (χ3v) is 8.39. The second-order valence-corrected chi connectivity index (χ2v) is 11.3. The summed E-state index contributed by atoms with van der Waals surface area (Å²) in [6, 6.07) is 27.5. The van der Waals surface area contributed by atoms with Gasteiger partial charge in [-0.05, 0) is 54.8 Å². The van der Waals surface area contributed by atoms with Crippen LogP contribution in [0.1, 0.15) is 16.7 Å². The predicted octanol–water partition coefficient (Wildman–Crippen LogP) is 8.37. The van der Waals surface area contributed by atoms with Crippen molar-refractivity contribution < 1.29 is 25.8 Å². The van der Waals surface area contributed by atoms with Crippen LogP contribution in [-0.4, -0.2) is 28.7 Å². The second kappa shape index (κ2) is 10.2. The molecule has 0 aliphatic carbocycles. The van der Waals surface area contributed by atoms with Crippen LogP contribution in [0.4, 0.5) is 0 Å². The van der Waals surface area contributed by atoms with Gasteiger partial charge in [-0.15, -0.1) is 12.1 Å². The van der Waals surface area contributed by atoms with Crippen LogP contribution in [0.25, 0.3) is 66.2 Å². The maximum atomic E-state index is 6.42. The summed E-state index contributed by atoms with van der Waals surface area (Å²) >= 11 is 0. The molecule has 0 spiro atoms. The Morgan fingerprint density at radius 3 is 1.84 bits per heavy atom. The first-order chi connectivity index (χ1) is 21.5. The number of benzene rings is 3. The second-order valence-electron chi connectivity index (χ2n) is 11.3. The minimum absolute atomic E-state index is 0. The topological polar surface area (TPSA) is 69.6 Å². The fourth-order valence-corrected chi connectivity index (χ4v) is 6.67. The molecule has 0 saturated heterocycles. The number of aromatic nitrogens is 6. The third-order valence-electron chi connectivity index (χ3n) is 8.39. The number of rotatable bonds is 3. The molecule has 0 bridgehead atoms. The van der Waals surface area contributed by atoms with Crippen molar-refractivity contribution in [2.24, 2.45) is 0 Å². The number of imidazole rings is 2. The SMILES string of the molecule is Cc1cc(C)c(-c2cn3c(n2)c2[c-]c(Oc4[c-]c5c(cc4)c4cccnc4n4ccnc54)ccc2c2cccnc23)c(C)c1.[Pt+2]. The number of hydrogen-bond donors (Lipinski definition) is 0. The van der Waals surface area contributed by atoms with Gasteiger partial charge in [-0.1, -0.05) is 75.6 Å². The molecule has 0 unspecified atom stereocenters. The van der Waals surface area contributed by atoms with Gasteiger partial charge in [0.05, 0.1) is 17.0 Å². The van der Waals surface area contributed by atoms with E-state index in [1.807, 2.05) is 47.1 Å². The van der Waals surface area contributed by atoms with Crippen molar-refractivity contribution >= 4 is 54.9 Å². The molecule has 0 saturated carbocycles. The number of aryl methyl sites for hydroxylation is 3. The molecule has 0 amide bonds. The molecule has 9 aromatic rings. The van der Waals surface area contributed by atoms with E-state index in [4.69, 9.17) is 14.7 Å². The first-order valence-electron chi connectivity index (χ1n) is 14.5. The van der Waals surface area contributed by atoms with Gasteiger partial charge < -0.3 is 13.5 Å². The molecule has 0 aliphatic heterocycles. The van der Waals surface area contributed by atoms with E-state index in [9.17, 15) is 0 Å². The Bertz CT molecular complexity index is 2610. The number of ether oxygens (including phenoxy) is 1. The van der Waals surface area contributed by atoms with E-state index < -0.39 is 0 Å². The summed E-state index contributed by atoms with van der Waals surface area (Å²) in [5, 5.41) is 5.83. The molecule has 6 aromatic heterocycles. The first kappa shape index (κ1) is 27.4. The van der Waals surface area contributed by atoms with E-state index in [1.165, 1.54) is 16.7 Å². The molecule has 45 heavy (non-hydrogen) atoms. The number of fused-ring (bicyclic) bond motifs is 12. The molecular formula is C37H24N6OPt. The summed E-state index contributed by atoms with van der Waals surface area (Å²) in [5.41, 5.74) is 8.96. The monoisotopic (exact) mass is 763 g/mol. The van der Waals surface area contributed by atoms with Gasteiger partial charge in [0, 0.05) is 48.0 Å². The van der Waals surface area contributed by atoms with E-state index >= 15 is 0 Å². The minimum Gasteiger partial charge on any atom is -0.497 e. The summed E-state index contributed by atoms with van der Waals surface area (Å²) < 4.78 is 10.5. The molecule has 6 heterocycles. The Morgan fingerprint density at radius 2 is 1.20 bits per heavy atom. The van der Waals surface area contributed by atoms with Crippen LogP contribution in [0.2, 0.25) is 0 Å². The maximum absolute atomic E-state index is 6.42. The van der Waals surface area contributed by atoms with Crippen molar-refractivity contribution in [1.29, 1.82) is 0 Å². The summed E-state index contributed by atoms with van der Waals surface area (Å²) in [7, 11) is 0. The molecule has 0 fully saturated rings. The average Bonchev–Trinajstić information content (AvgIpc) is 3.70. The Kier molecular flexibility index (Phi) is 6.22. The van der Waals surface area contributed by atoms with E-state index in [0.29, 0.717) is 11.5 Å². The molecule has 7 nitrogen and oxygen atoms in total. The van der Waals surface area contributed by atoms with Crippen molar-refractivity contribution in [1.82, 2.24) is 28.7 Å². The van der Waals surface area contributed by atoms with Crippen molar-refractivity contribution in [3.05, 3.63) is 120 Å². The number of pyridine rings is 4. The molecular weight excluding hydrogens is 740 g/mol. The zero-order valence-corrected chi connectivity index (χ0v) is 26.8. The molecule has 3 aromatic carbocycles. The standard InChI is InChI=1S/C37H24N6O.Pt/c1-21-16-22(2)33(23(3)17-21)32-20-43-35-29(7-5-13-39-35)27-11-9-25(19-31(27)37(43)41-32)44-24-8-10-26-28-6-4-12-38-34(28)42-15-14-40-36(42)30(26)18-24;/h4-17,20H,1-3H3;/q-2;+2. The molecule has 218 valence electrons. The van der Waals surface area contributed by atoms with Crippen LogP contribution >= 0.6 is 0 Å². The minimum atomic E-state index is 0. The van der Waals surface area contributed by atoms with Crippen LogP contribution in [0.3, 0.4) is 0 Å². The fourth-order valence-electron chi connectivity index (χ4n) is 6.67. The summed E-state index contributed by atoms with van der Waals surface area (Å²) in [4.78, 5) is 19.1. The van der Waals surface area contributed by atoms with Gasteiger partial charge in [0.1, 0.15) is 11.3 Å². The van der Waals surface area contributed by atoms with Gasteiger partial charge in [0.2, 0.25) is 0 Å². The van der Waals surface area contributed by atoms with Crippen LogP contribution in [-0.2, 0) is 21.1 Å². The van der Waals surface area contributed by atoms with E-state index in [2.05, 4.69) is 83.8 Å². The Labute approximate surface area is 272 Å². The first-order valence-corrected chi connectivity index (χ1v) is 14.5. The van der Waals surface area contributed by atoms with Crippen LogP contribution in [0, 0.1) is 32.9 Å². The van der Waals surface area contributed by atoms with Crippen molar-refractivity contribution in [3.8, 4) is 22.8 Å². The van der Waals surface area contributed by atoms with Gasteiger partial charge in [0.15, 0.2) is 0 Å². The summed E-state index contributed by atoms with van der Waals surface area (Å²) in [5.74, 6) is 1.15. The Morgan fingerprint density at radius 1 is 0.622 bits per heavy atom. The largest absolute Gasteiger partial charge is 2.00 e. The quantitative estimate of drug-likeness (QED) is 0.134. The van der Waals surface area contributed by atoms with E-state index in [-0.39, 0.29) is 21.1 Å². The smallest absolute Gasteiger partial charge is 0.497 e. The molecule has 9 rings (SSSR count). The zero-order chi connectivity index (χ0) is 29.5. The van der Waals surface area contributed by atoms with Crippen LogP contribution in [0.15, 0.2) is 91.6 Å². The Balaban J connectivity index is 0.00000300. The fraction of sp³-hybridized carbons (Fsp3) is 0.0811. The molecule has 8 heteroatoms.